The summed E-state index contributed by atoms with van der Waals surface area (Å²) < 4.78 is 5.36. The molecule has 1 aromatic rings. The summed E-state index contributed by atoms with van der Waals surface area (Å²) in [5.74, 6) is 0.731. The molecule has 0 spiro atoms. The second-order valence-corrected chi connectivity index (χ2v) is 7.07. The summed E-state index contributed by atoms with van der Waals surface area (Å²) in [6.07, 6.45) is 2.79. The van der Waals surface area contributed by atoms with Crippen molar-refractivity contribution < 1.29 is 9.84 Å². The third-order valence-corrected chi connectivity index (χ3v) is 4.27. The zero-order valence-corrected chi connectivity index (χ0v) is 16.3. The van der Waals surface area contributed by atoms with Gasteiger partial charge in [-0.2, -0.15) is 0 Å². The van der Waals surface area contributed by atoms with Crippen molar-refractivity contribution in [1.29, 1.82) is 0 Å². The number of hydrogen-bond donors (Lipinski definition) is 3. The molecule has 1 aliphatic heterocycles. The van der Waals surface area contributed by atoms with Gasteiger partial charge in [0.2, 0.25) is 0 Å². The van der Waals surface area contributed by atoms with E-state index in [0.717, 1.165) is 57.5 Å². The van der Waals surface area contributed by atoms with Gasteiger partial charge in [-0.15, -0.1) is 0 Å². The van der Waals surface area contributed by atoms with Gasteiger partial charge in [-0.1, -0.05) is 6.07 Å². The number of aliphatic imine (C=N–C) groups is 1. The normalized spacial score (nSPS) is 18.4. The Morgan fingerprint density at radius 3 is 2.77 bits per heavy atom. The van der Waals surface area contributed by atoms with E-state index >= 15 is 0 Å². The third kappa shape index (κ3) is 7.68. The molecule has 1 fully saturated rings. The van der Waals surface area contributed by atoms with E-state index in [-0.39, 0.29) is 0 Å². The SMILES string of the molecule is CCNC(=NCC(C)(O)CN1CCOCC1)NCCc1ccc(C)nc1. The van der Waals surface area contributed by atoms with Crippen molar-refractivity contribution in [3.8, 4) is 0 Å². The molecule has 146 valence electrons. The quantitative estimate of drug-likeness (QED) is 0.463. The first-order valence-corrected chi connectivity index (χ1v) is 9.45. The number of hydrogen-bond acceptors (Lipinski definition) is 5. The van der Waals surface area contributed by atoms with Gasteiger partial charge in [-0.25, -0.2) is 0 Å². The van der Waals surface area contributed by atoms with Crippen molar-refractivity contribution in [1.82, 2.24) is 20.5 Å². The first-order chi connectivity index (χ1) is 12.5. The second-order valence-electron chi connectivity index (χ2n) is 7.07. The topological polar surface area (TPSA) is 82.0 Å². The standard InChI is InChI=1S/C19H33N5O2/c1-4-20-18(21-8-7-17-6-5-16(2)22-13-17)23-14-19(3,25)15-24-9-11-26-12-10-24/h5-6,13,25H,4,7-12,14-15H2,1-3H3,(H2,20,21,23). The van der Waals surface area contributed by atoms with Crippen molar-refractivity contribution in [3.05, 3.63) is 29.6 Å². The molecule has 0 aromatic carbocycles. The van der Waals surface area contributed by atoms with Crippen LogP contribution in [0.4, 0.5) is 0 Å². The predicted octanol–water partition coefficient (Wildman–Crippen LogP) is 0.571. The van der Waals surface area contributed by atoms with Crippen LogP contribution in [0, 0.1) is 6.92 Å². The number of aromatic nitrogens is 1. The molecule has 0 bridgehead atoms. The maximum Gasteiger partial charge on any atom is 0.191 e. The molecule has 7 nitrogen and oxygen atoms in total. The van der Waals surface area contributed by atoms with Crippen LogP contribution >= 0.6 is 0 Å². The minimum atomic E-state index is -0.861. The fourth-order valence-corrected chi connectivity index (χ4v) is 2.85. The van der Waals surface area contributed by atoms with Crippen molar-refractivity contribution in [2.75, 3.05) is 52.5 Å². The van der Waals surface area contributed by atoms with Crippen molar-refractivity contribution >= 4 is 5.96 Å². The van der Waals surface area contributed by atoms with Crippen LogP contribution in [0.25, 0.3) is 0 Å². The number of ether oxygens (including phenoxy) is 1. The fraction of sp³-hybridized carbons (Fsp3) is 0.684. The lowest BCUT2D eigenvalue weighted by Gasteiger charge is -2.33. The van der Waals surface area contributed by atoms with Crippen LogP contribution in [0.15, 0.2) is 23.3 Å². The van der Waals surface area contributed by atoms with Crippen LogP contribution in [0.5, 0.6) is 0 Å². The molecule has 7 heteroatoms. The summed E-state index contributed by atoms with van der Waals surface area (Å²) in [7, 11) is 0. The molecule has 2 rings (SSSR count). The van der Waals surface area contributed by atoms with E-state index in [4.69, 9.17) is 4.74 Å². The van der Waals surface area contributed by atoms with E-state index in [2.05, 4.69) is 31.6 Å². The zero-order chi connectivity index (χ0) is 18.8. The number of nitrogens with one attached hydrogen (secondary N) is 2. The number of pyridine rings is 1. The van der Waals surface area contributed by atoms with Crippen molar-refractivity contribution in [2.24, 2.45) is 4.99 Å². The van der Waals surface area contributed by atoms with E-state index < -0.39 is 5.60 Å². The summed E-state index contributed by atoms with van der Waals surface area (Å²) >= 11 is 0. The molecule has 2 heterocycles. The Kier molecular flexibility index (Phi) is 8.28. The van der Waals surface area contributed by atoms with Crippen LogP contribution in [0.3, 0.4) is 0 Å². The number of nitrogens with zero attached hydrogens (tertiary/aromatic N) is 3. The highest BCUT2D eigenvalue weighted by atomic mass is 16.5. The maximum atomic E-state index is 10.7. The van der Waals surface area contributed by atoms with Crippen molar-refractivity contribution in [2.45, 2.75) is 32.8 Å². The average Bonchev–Trinajstić information content (AvgIpc) is 2.62. The molecule has 0 saturated carbocycles. The predicted molar refractivity (Wildman–Crippen MR) is 105 cm³/mol. The van der Waals surface area contributed by atoms with Gasteiger partial charge in [0.25, 0.3) is 0 Å². The lowest BCUT2D eigenvalue weighted by Crippen LogP contribution is -2.48. The van der Waals surface area contributed by atoms with Crippen LogP contribution in [-0.2, 0) is 11.2 Å². The third-order valence-electron chi connectivity index (χ3n) is 4.27. The molecule has 1 aliphatic rings. The second kappa shape index (κ2) is 10.4. The van der Waals surface area contributed by atoms with Gasteiger partial charge in [-0.05, 0) is 38.8 Å². The first-order valence-electron chi connectivity index (χ1n) is 9.45. The molecule has 1 aromatic heterocycles. The minimum Gasteiger partial charge on any atom is -0.387 e. The fourth-order valence-electron chi connectivity index (χ4n) is 2.85. The molecule has 1 saturated heterocycles. The zero-order valence-electron chi connectivity index (χ0n) is 16.3. The molecule has 0 aliphatic carbocycles. The van der Waals surface area contributed by atoms with Gasteiger partial charge in [0.1, 0.15) is 0 Å². The van der Waals surface area contributed by atoms with E-state index in [0.29, 0.717) is 13.1 Å². The Labute approximate surface area is 156 Å². The maximum absolute atomic E-state index is 10.7. The van der Waals surface area contributed by atoms with Gasteiger partial charge in [0, 0.05) is 44.6 Å². The van der Waals surface area contributed by atoms with Gasteiger partial charge in [0.05, 0.1) is 25.4 Å². The largest absolute Gasteiger partial charge is 0.387 e. The summed E-state index contributed by atoms with van der Waals surface area (Å²) in [5, 5.41) is 17.2. The summed E-state index contributed by atoms with van der Waals surface area (Å²) in [5.41, 5.74) is 1.36. The number of aliphatic hydroxyl groups is 1. The highest BCUT2D eigenvalue weighted by molar-refractivity contribution is 5.79. The smallest absolute Gasteiger partial charge is 0.191 e. The number of guanidine groups is 1. The monoisotopic (exact) mass is 363 g/mol. The Balaban J connectivity index is 1.81. The lowest BCUT2D eigenvalue weighted by molar-refractivity contribution is -0.0179. The van der Waals surface area contributed by atoms with Crippen LogP contribution < -0.4 is 10.6 Å². The highest BCUT2D eigenvalue weighted by Crippen LogP contribution is 2.09. The van der Waals surface area contributed by atoms with E-state index in [1.165, 1.54) is 5.56 Å². The van der Waals surface area contributed by atoms with E-state index in [1.807, 2.05) is 33.0 Å². The molecule has 0 radical (unpaired) electrons. The average molecular weight is 364 g/mol. The molecule has 1 atom stereocenters. The Morgan fingerprint density at radius 1 is 1.35 bits per heavy atom. The van der Waals surface area contributed by atoms with Gasteiger partial charge in [0.15, 0.2) is 5.96 Å². The Hall–Kier alpha value is -1.70. The van der Waals surface area contributed by atoms with E-state index in [1.54, 1.807) is 0 Å². The van der Waals surface area contributed by atoms with Crippen LogP contribution in [-0.4, -0.2) is 79.0 Å². The first kappa shape index (κ1) is 20.6. The van der Waals surface area contributed by atoms with Crippen LogP contribution in [0.2, 0.25) is 0 Å². The molecular formula is C19H33N5O2. The van der Waals surface area contributed by atoms with Gasteiger partial charge in [-0.3, -0.25) is 14.9 Å². The Morgan fingerprint density at radius 2 is 2.12 bits per heavy atom. The number of β-amino-alcohol motifs (C(OH)–C–C–N with tert-alkyl or cyclic N) is 1. The molecular weight excluding hydrogens is 330 g/mol. The lowest BCUT2D eigenvalue weighted by atomic mass is 10.1. The van der Waals surface area contributed by atoms with E-state index in [9.17, 15) is 5.11 Å². The molecule has 1 unspecified atom stereocenters. The van der Waals surface area contributed by atoms with Crippen molar-refractivity contribution in [3.63, 3.8) is 0 Å². The highest BCUT2D eigenvalue weighted by Gasteiger charge is 2.25. The molecule has 3 N–H and O–H groups in total. The molecule has 0 amide bonds. The number of morpholine rings is 1. The number of aryl methyl sites for hydroxylation is 1. The molecule has 26 heavy (non-hydrogen) atoms. The summed E-state index contributed by atoms with van der Waals surface area (Å²) in [6.45, 7) is 11.6. The summed E-state index contributed by atoms with van der Waals surface area (Å²) in [4.78, 5) is 11.1. The minimum absolute atomic E-state index is 0.353. The Bertz CT molecular complexity index is 554. The summed E-state index contributed by atoms with van der Waals surface area (Å²) in [6, 6.07) is 4.12. The van der Waals surface area contributed by atoms with Gasteiger partial charge >= 0.3 is 0 Å². The number of rotatable bonds is 8. The van der Waals surface area contributed by atoms with Gasteiger partial charge < -0.3 is 20.5 Å². The van der Waals surface area contributed by atoms with Crippen LogP contribution in [0.1, 0.15) is 25.1 Å².